The van der Waals surface area contributed by atoms with E-state index in [2.05, 4.69) is 42.4 Å². The molecule has 0 radical (unpaired) electrons. The fourth-order valence-electron chi connectivity index (χ4n) is 2.14. The number of anilines is 1. The first-order valence-corrected chi connectivity index (χ1v) is 6.77. The van der Waals surface area contributed by atoms with Crippen molar-refractivity contribution in [3.8, 4) is 11.5 Å². The van der Waals surface area contributed by atoms with E-state index >= 15 is 0 Å². The van der Waals surface area contributed by atoms with Gasteiger partial charge in [0.25, 0.3) is 0 Å². The van der Waals surface area contributed by atoms with Crippen molar-refractivity contribution < 1.29 is 4.42 Å². The molecule has 0 saturated heterocycles. The van der Waals surface area contributed by atoms with Crippen molar-refractivity contribution in [3.05, 3.63) is 30.2 Å². The highest BCUT2D eigenvalue weighted by Gasteiger charge is 2.15. The first-order valence-electron chi connectivity index (χ1n) is 6.77. The van der Waals surface area contributed by atoms with Gasteiger partial charge >= 0.3 is 0 Å². The molecule has 4 nitrogen and oxygen atoms in total. The molecule has 0 spiro atoms. The normalized spacial score (nSPS) is 12.7. The van der Waals surface area contributed by atoms with Gasteiger partial charge in [-0.2, -0.15) is 0 Å². The number of hydrogen-bond acceptors (Lipinski definition) is 4. The molecule has 0 fully saturated rings. The smallest absolute Gasteiger partial charge is 0.249 e. The third-order valence-electron chi connectivity index (χ3n) is 3.27. The zero-order valence-electron chi connectivity index (χ0n) is 12.0. The Balaban J connectivity index is 2.31. The van der Waals surface area contributed by atoms with Gasteiger partial charge in [0.1, 0.15) is 0 Å². The van der Waals surface area contributed by atoms with Gasteiger partial charge in [0.15, 0.2) is 0 Å². The molecule has 1 heterocycles. The highest BCUT2D eigenvalue weighted by Crippen LogP contribution is 2.28. The van der Waals surface area contributed by atoms with E-state index in [-0.39, 0.29) is 0 Å². The van der Waals surface area contributed by atoms with Crippen LogP contribution in [-0.4, -0.2) is 16.2 Å². The Morgan fingerprint density at radius 2 is 1.95 bits per heavy atom. The summed E-state index contributed by atoms with van der Waals surface area (Å²) in [5, 5.41) is 11.6. The molecule has 0 saturated carbocycles. The van der Waals surface area contributed by atoms with Gasteiger partial charge in [0, 0.05) is 18.7 Å². The molecule has 1 aromatic carbocycles. The molecule has 0 aliphatic heterocycles. The highest BCUT2D eigenvalue weighted by molar-refractivity contribution is 5.72. The maximum Gasteiger partial charge on any atom is 0.249 e. The zero-order chi connectivity index (χ0) is 13.8. The molecule has 0 amide bonds. The lowest BCUT2D eigenvalue weighted by Crippen LogP contribution is -2.24. The molecule has 2 rings (SSSR count). The van der Waals surface area contributed by atoms with Crippen LogP contribution < -0.4 is 5.32 Å². The fourth-order valence-corrected chi connectivity index (χ4v) is 2.14. The zero-order valence-corrected chi connectivity index (χ0v) is 12.0. The molecule has 102 valence electrons. The quantitative estimate of drug-likeness (QED) is 0.885. The third-order valence-corrected chi connectivity index (χ3v) is 3.27. The summed E-state index contributed by atoms with van der Waals surface area (Å²) in [6.45, 7) is 8.44. The number of nitrogens with one attached hydrogen (secondary N) is 1. The fraction of sp³-hybridized carbons (Fsp3) is 0.467. The topological polar surface area (TPSA) is 51.0 Å². The number of benzene rings is 1. The monoisotopic (exact) mass is 259 g/mol. The summed E-state index contributed by atoms with van der Waals surface area (Å²) in [6.07, 6.45) is 1.08. The number of aromatic nitrogens is 2. The van der Waals surface area contributed by atoms with Gasteiger partial charge in [0.05, 0.1) is 5.56 Å². The van der Waals surface area contributed by atoms with Crippen LogP contribution in [0.5, 0.6) is 0 Å². The third kappa shape index (κ3) is 3.13. The van der Waals surface area contributed by atoms with Crippen LogP contribution in [0, 0.1) is 12.8 Å². The summed E-state index contributed by atoms with van der Waals surface area (Å²) >= 11 is 0. The molecule has 1 N–H and O–H groups in total. The number of para-hydroxylation sites is 1. The molecule has 2 aromatic rings. The molecule has 0 aliphatic rings. The maximum atomic E-state index is 5.52. The van der Waals surface area contributed by atoms with Crippen molar-refractivity contribution in [2.45, 2.75) is 40.2 Å². The van der Waals surface area contributed by atoms with Crippen molar-refractivity contribution in [2.24, 2.45) is 5.92 Å². The Bertz CT molecular complexity index is 534. The van der Waals surface area contributed by atoms with E-state index in [1.165, 1.54) is 0 Å². The lowest BCUT2D eigenvalue weighted by molar-refractivity contribution is 0.510. The van der Waals surface area contributed by atoms with Crippen LogP contribution in [0.4, 0.5) is 5.69 Å². The molecular formula is C15H21N3O. The van der Waals surface area contributed by atoms with Crippen LogP contribution in [0.3, 0.4) is 0 Å². The lowest BCUT2D eigenvalue weighted by Gasteiger charge is -2.23. The van der Waals surface area contributed by atoms with E-state index in [0.29, 0.717) is 23.7 Å². The summed E-state index contributed by atoms with van der Waals surface area (Å²) in [6, 6.07) is 8.49. The van der Waals surface area contributed by atoms with Crippen molar-refractivity contribution >= 4 is 5.69 Å². The Kier molecular flexibility index (Phi) is 4.20. The first-order chi connectivity index (χ1) is 9.11. The Hall–Kier alpha value is -1.84. The molecular weight excluding hydrogens is 238 g/mol. The van der Waals surface area contributed by atoms with Gasteiger partial charge in [-0.05, 0) is 24.5 Å². The van der Waals surface area contributed by atoms with E-state index in [9.17, 15) is 0 Å². The van der Waals surface area contributed by atoms with E-state index in [1.807, 2.05) is 18.2 Å². The molecule has 19 heavy (non-hydrogen) atoms. The van der Waals surface area contributed by atoms with Gasteiger partial charge in [-0.3, -0.25) is 0 Å². The average Bonchev–Trinajstić information content (AvgIpc) is 2.82. The van der Waals surface area contributed by atoms with Gasteiger partial charge < -0.3 is 9.73 Å². The standard InChI is InChI=1S/C15H21N3O/c1-5-13(10(2)3)16-14-9-7-6-8-12(14)15-18-17-11(4)19-15/h6-10,13,16H,5H2,1-4H3. The summed E-state index contributed by atoms with van der Waals surface area (Å²) in [7, 11) is 0. The summed E-state index contributed by atoms with van der Waals surface area (Å²) in [5.41, 5.74) is 2.01. The SMILES string of the molecule is CCC(Nc1ccccc1-c1nnc(C)o1)C(C)C. The van der Waals surface area contributed by atoms with Gasteiger partial charge in [-0.15, -0.1) is 10.2 Å². The highest BCUT2D eigenvalue weighted by atomic mass is 16.4. The molecule has 1 unspecified atom stereocenters. The summed E-state index contributed by atoms with van der Waals surface area (Å²) in [4.78, 5) is 0. The van der Waals surface area contributed by atoms with Gasteiger partial charge in [-0.1, -0.05) is 32.9 Å². The van der Waals surface area contributed by atoms with Crippen molar-refractivity contribution in [3.63, 3.8) is 0 Å². The predicted octanol–water partition coefficient (Wildman–Crippen LogP) is 3.89. The second-order valence-corrected chi connectivity index (χ2v) is 5.07. The molecule has 0 bridgehead atoms. The second-order valence-electron chi connectivity index (χ2n) is 5.07. The number of aryl methyl sites for hydroxylation is 1. The van der Waals surface area contributed by atoms with Crippen LogP contribution in [-0.2, 0) is 0 Å². The van der Waals surface area contributed by atoms with Crippen molar-refractivity contribution in [2.75, 3.05) is 5.32 Å². The molecule has 1 atom stereocenters. The predicted molar refractivity (Wildman–Crippen MR) is 77.0 cm³/mol. The minimum atomic E-state index is 0.435. The first kappa shape index (κ1) is 13.6. The van der Waals surface area contributed by atoms with Gasteiger partial charge in [0.2, 0.25) is 11.8 Å². The maximum absolute atomic E-state index is 5.52. The molecule has 1 aromatic heterocycles. The molecule has 4 heteroatoms. The van der Waals surface area contributed by atoms with Crippen molar-refractivity contribution in [1.29, 1.82) is 0 Å². The number of rotatable bonds is 5. The van der Waals surface area contributed by atoms with Crippen LogP contribution >= 0.6 is 0 Å². The largest absolute Gasteiger partial charge is 0.421 e. The number of hydrogen-bond donors (Lipinski definition) is 1. The summed E-state index contributed by atoms with van der Waals surface area (Å²) in [5.74, 6) is 1.72. The van der Waals surface area contributed by atoms with E-state index in [0.717, 1.165) is 17.7 Å². The van der Waals surface area contributed by atoms with Crippen LogP contribution in [0.2, 0.25) is 0 Å². The van der Waals surface area contributed by atoms with Crippen LogP contribution in [0.15, 0.2) is 28.7 Å². The van der Waals surface area contributed by atoms with Crippen LogP contribution in [0.25, 0.3) is 11.5 Å². The van der Waals surface area contributed by atoms with E-state index in [1.54, 1.807) is 6.92 Å². The van der Waals surface area contributed by atoms with E-state index in [4.69, 9.17) is 4.42 Å². The average molecular weight is 259 g/mol. The minimum absolute atomic E-state index is 0.435. The minimum Gasteiger partial charge on any atom is -0.421 e. The lowest BCUT2D eigenvalue weighted by atomic mass is 10.0. The van der Waals surface area contributed by atoms with E-state index < -0.39 is 0 Å². The van der Waals surface area contributed by atoms with Crippen molar-refractivity contribution in [1.82, 2.24) is 10.2 Å². The molecule has 0 aliphatic carbocycles. The summed E-state index contributed by atoms with van der Waals surface area (Å²) < 4.78 is 5.52. The van der Waals surface area contributed by atoms with Crippen LogP contribution in [0.1, 0.15) is 33.1 Å². The Labute approximate surface area is 114 Å². The number of nitrogens with zero attached hydrogens (tertiary/aromatic N) is 2. The second kappa shape index (κ2) is 5.87. The Morgan fingerprint density at radius 1 is 1.21 bits per heavy atom. The Morgan fingerprint density at radius 3 is 2.53 bits per heavy atom. The van der Waals surface area contributed by atoms with Gasteiger partial charge in [-0.25, -0.2) is 0 Å².